The molecule has 2 aliphatic rings. The first kappa shape index (κ1) is 17.4. The van der Waals surface area contributed by atoms with Crippen LogP contribution in [0.4, 0.5) is 5.13 Å². The molecule has 142 valence electrons. The van der Waals surface area contributed by atoms with Gasteiger partial charge in [0.05, 0.1) is 11.7 Å². The standard InChI is InChI=1S/C22H21N3O2S/c26-21-16-7-3-5-15(11-16)13-27-20-9-2-1-6-17(20)12-25-10-4-8-19(25)18-14-28-22(23-18)24-21/h1-3,5-7,9,11,14,19H,4,8,10,12-13H2,(H,23,24,26). The maximum absolute atomic E-state index is 12.7. The summed E-state index contributed by atoms with van der Waals surface area (Å²) in [5.74, 6) is 0.762. The number of carbonyl (C=O) groups excluding carboxylic acids is 1. The van der Waals surface area contributed by atoms with E-state index in [4.69, 9.17) is 9.72 Å². The van der Waals surface area contributed by atoms with E-state index in [0.717, 1.165) is 42.9 Å². The molecule has 1 fully saturated rings. The molecular weight excluding hydrogens is 370 g/mol. The van der Waals surface area contributed by atoms with Crippen molar-refractivity contribution < 1.29 is 9.53 Å². The van der Waals surface area contributed by atoms with Crippen LogP contribution in [0.15, 0.2) is 53.9 Å². The highest BCUT2D eigenvalue weighted by Crippen LogP contribution is 2.36. The van der Waals surface area contributed by atoms with Crippen molar-refractivity contribution in [3.05, 3.63) is 76.3 Å². The molecule has 1 amide bonds. The van der Waals surface area contributed by atoms with Gasteiger partial charge < -0.3 is 4.74 Å². The molecule has 2 aliphatic heterocycles. The third-order valence-corrected chi connectivity index (χ3v) is 6.15. The largest absolute Gasteiger partial charge is 0.489 e. The number of nitrogens with zero attached hydrogens (tertiary/aromatic N) is 2. The Kier molecular flexibility index (Phi) is 4.58. The second kappa shape index (κ2) is 7.37. The van der Waals surface area contributed by atoms with E-state index in [9.17, 15) is 4.79 Å². The number of benzene rings is 2. The van der Waals surface area contributed by atoms with Gasteiger partial charge in [-0.15, -0.1) is 11.3 Å². The van der Waals surface area contributed by atoms with Crippen LogP contribution in [0.3, 0.4) is 0 Å². The summed E-state index contributed by atoms with van der Waals surface area (Å²) >= 11 is 1.49. The number of nitrogens with one attached hydrogen (secondary N) is 1. The minimum absolute atomic E-state index is 0.138. The Morgan fingerprint density at radius 1 is 1.18 bits per heavy atom. The monoisotopic (exact) mass is 391 g/mol. The average molecular weight is 391 g/mol. The molecule has 4 bridgehead atoms. The zero-order valence-electron chi connectivity index (χ0n) is 15.4. The number of para-hydroxylation sites is 1. The summed E-state index contributed by atoms with van der Waals surface area (Å²) in [5.41, 5.74) is 3.81. The summed E-state index contributed by atoms with van der Waals surface area (Å²) in [5, 5.41) is 5.68. The van der Waals surface area contributed by atoms with Crippen LogP contribution in [0.25, 0.3) is 0 Å². The molecule has 0 aliphatic carbocycles. The summed E-state index contributed by atoms with van der Waals surface area (Å²) in [6.45, 7) is 2.31. The number of rotatable bonds is 0. The Bertz CT molecular complexity index is 1020. The van der Waals surface area contributed by atoms with Gasteiger partial charge in [-0.3, -0.25) is 15.0 Å². The lowest BCUT2D eigenvalue weighted by Crippen LogP contribution is -2.23. The number of carbonyl (C=O) groups is 1. The van der Waals surface area contributed by atoms with Crippen LogP contribution in [0.1, 0.15) is 46.1 Å². The number of aromatic nitrogens is 1. The first-order valence-electron chi connectivity index (χ1n) is 9.57. The molecule has 1 saturated heterocycles. The van der Waals surface area contributed by atoms with Gasteiger partial charge in [-0.25, -0.2) is 4.98 Å². The predicted molar refractivity (Wildman–Crippen MR) is 110 cm³/mol. The Balaban J connectivity index is 1.56. The van der Waals surface area contributed by atoms with E-state index in [2.05, 4.69) is 27.7 Å². The molecule has 5 rings (SSSR count). The van der Waals surface area contributed by atoms with Crippen LogP contribution >= 0.6 is 11.3 Å². The van der Waals surface area contributed by atoms with E-state index in [1.165, 1.54) is 16.9 Å². The van der Waals surface area contributed by atoms with Gasteiger partial charge >= 0.3 is 0 Å². The van der Waals surface area contributed by atoms with Gasteiger partial charge in [-0.05, 0) is 43.1 Å². The number of hydrogen-bond donors (Lipinski definition) is 1. The molecular formula is C22H21N3O2S. The van der Waals surface area contributed by atoms with Crippen molar-refractivity contribution in [2.75, 3.05) is 11.9 Å². The predicted octanol–water partition coefficient (Wildman–Crippen LogP) is 4.62. The van der Waals surface area contributed by atoms with Crippen molar-refractivity contribution in [2.45, 2.75) is 32.0 Å². The fourth-order valence-corrected chi connectivity index (χ4v) is 4.73. The van der Waals surface area contributed by atoms with Crippen molar-refractivity contribution in [3.8, 4) is 5.75 Å². The minimum atomic E-state index is -0.138. The van der Waals surface area contributed by atoms with Crippen LogP contribution in [0.5, 0.6) is 5.75 Å². The molecule has 0 saturated carbocycles. The van der Waals surface area contributed by atoms with Gasteiger partial charge in [-0.2, -0.15) is 0 Å². The molecule has 3 aromatic rings. The fourth-order valence-electron chi connectivity index (χ4n) is 3.97. The second-order valence-electron chi connectivity index (χ2n) is 7.26. The molecule has 6 heteroatoms. The SMILES string of the molecule is O=C1Nc2nc(cs2)C2CCCN2Cc2ccccc2OCc2cccc1c2. The van der Waals surface area contributed by atoms with Gasteiger partial charge in [0, 0.05) is 23.1 Å². The average Bonchev–Trinajstić information content (AvgIpc) is 3.36. The van der Waals surface area contributed by atoms with Crippen molar-refractivity contribution in [3.63, 3.8) is 0 Å². The maximum Gasteiger partial charge on any atom is 0.257 e. The molecule has 1 N–H and O–H groups in total. The highest BCUT2D eigenvalue weighted by molar-refractivity contribution is 7.14. The van der Waals surface area contributed by atoms with E-state index in [1.54, 1.807) is 0 Å². The first-order chi connectivity index (χ1) is 13.8. The topological polar surface area (TPSA) is 54.5 Å². The minimum Gasteiger partial charge on any atom is -0.489 e. The zero-order chi connectivity index (χ0) is 18.9. The van der Waals surface area contributed by atoms with Gasteiger partial charge in [0.25, 0.3) is 5.91 Å². The van der Waals surface area contributed by atoms with Crippen molar-refractivity contribution in [1.29, 1.82) is 0 Å². The lowest BCUT2D eigenvalue weighted by molar-refractivity contribution is 0.102. The maximum atomic E-state index is 12.7. The number of amides is 1. The van der Waals surface area contributed by atoms with Crippen molar-refractivity contribution in [2.24, 2.45) is 0 Å². The van der Waals surface area contributed by atoms with Crippen LogP contribution in [0, 0.1) is 0 Å². The molecule has 1 atom stereocenters. The fraction of sp³-hybridized carbons (Fsp3) is 0.273. The molecule has 5 nitrogen and oxygen atoms in total. The highest BCUT2D eigenvalue weighted by Gasteiger charge is 2.29. The third-order valence-electron chi connectivity index (χ3n) is 5.38. The van der Waals surface area contributed by atoms with E-state index in [-0.39, 0.29) is 11.9 Å². The van der Waals surface area contributed by atoms with E-state index >= 15 is 0 Å². The summed E-state index contributed by atoms with van der Waals surface area (Å²) in [6.07, 6.45) is 2.23. The van der Waals surface area contributed by atoms with E-state index in [0.29, 0.717) is 17.3 Å². The van der Waals surface area contributed by atoms with Gasteiger partial charge in [0.2, 0.25) is 0 Å². The van der Waals surface area contributed by atoms with Crippen molar-refractivity contribution in [1.82, 2.24) is 9.88 Å². The lowest BCUT2D eigenvalue weighted by atomic mass is 10.1. The molecule has 3 heterocycles. The highest BCUT2D eigenvalue weighted by atomic mass is 32.1. The molecule has 0 radical (unpaired) electrons. The molecule has 2 aromatic carbocycles. The third kappa shape index (κ3) is 3.41. The van der Waals surface area contributed by atoms with Gasteiger partial charge in [0.1, 0.15) is 12.4 Å². The lowest BCUT2D eigenvalue weighted by Gasteiger charge is -2.24. The number of thiazole rings is 1. The smallest absolute Gasteiger partial charge is 0.257 e. The van der Waals surface area contributed by atoms with E-state index in [1.807, 2.05) is 36.4 Å². The summed E-state index contributed by atoms with van der Waals surface area (Å²) in [4.78, 5) is 19.8. The van der Waals surface area contributed by atoms with Gasteiger partial charge in [-0.1, -0.05) is 30.3 Å². The number of hydrogen-bond acceptors (Lipinski definition) is 5. The van der Waals surface area contributed by atoms with E-state index < -0.39 is 0 Å². The molecule has 1 aromatic heterocycles. The Hall–Kier alpha value is -2.70. The second-order valence-corrected chi connectivity index (χ2v) is 8.12. The van der Waals surface area contributed by atoms with Crippen molar-refractivity contribution >= 4 is 22.4 Å². The quantitative estimate of drug-likeness (QED) is 0.607. The normalized spacial score (nSPS) is 19.6. The Labute approximate surface area is 168 Å². The zero-order valence-corrected chi connectivity index (χ0v) is 16.2. The molecule has 0 spiro atoms. The van der Waals surface area contributed by atoms with Crippen LogP contribution in [-0.2, 0) is 13.2 Å². The van der Waals surface area contributed by atoms with Crippen LogP contribution < -0.4 is 10.1 Å². The summed E-state index contributed by atoms with van der Waals surface area (Å²) in [6, 6.07) is 16.1. The number of fused-ring (bicyclic) bond motifs is 7. The van der Waals surface area contributed by atoms with Crippen LogP contribution in [0.2, 0.25) is 0 Å². The summed E-state index contributed by atoms with van der Waals surface area (Å²) < 4.78 is 6.14. The molecule has 1 unspecified atom stereocenters. The molecule has 28 heavy (non-hydrogen) atoms. The van der Waals surface area contributed by atoms with Gasteiger partial charge in [0.15, 0.2) is 5.13 Å². The number of ether oxygens (including phenoxy) is 1. The summed E-state index contributed by atoms with van der Waals surface area (Å²) in [7, 11) is 0. The number of anilines is 1. The Morgan fingerprint density at radius 3 is 3.07 bits per heavy atom. The Morgan fingerprint density at radius 2 is 2.11 bits per heavy atom. The first-order valence-corrected chi connectivity index (χ1v) is 10.4. The van der Waals surface area contributed by atoms with Crippen LogP contribution in [-0.4, -0.2) is 22.3 Å².